The van der Waals surface area contributed by atoms with Crippen molar-refractivity contribution in [2.75, 3.05) is 17.2 Å². The van der Waals surface area contributed by atoms with E-state index in [0.717, 1.165) is 12.8 Å². The van der Waals surface area contributed by atoms with E-state index in [1.807, 2.05) is 13.0 Å². The molecule has 0 aliphatic heterocycles. The fourth-order valence-corrected chi connectivity index (χ4v) is 2.97. The summed E-state index contributed by atoms with van der Waals surface area (Å²) in [4.78, 5) is 11.1. The molecule has 1 aromatic rings. The Kier molecular flexibility index (Phi) is 4.16. The number of nitro benzene ring substituents is 1. The van der Waals surface area contributed by atoms with Crippen molar-refractivity contribution in [3.63, 3.8) is 0 Å². The molecule has 110 valence electrons. The second-order valence-electron chi connectivity index (χ2n) is 6.07. The number of hydrogen-bond acceptors (Lipinski definition) is 4. The smallest absolute Gasteiger partial charge is 0.315 e. The number of nitro groups is 1. The van der Waals surface area contributed by atoms with E-state index < -0.39 is 0 Å². The second kappa shape index (κ2) is 5.69. The number of rotatable bonds is 5. The molecule has 1 aromatic carbocycles. The summed E-state index contributed by atoms with van der Waals surface area (Å²) >= 11 is 0. The van der Waals surface area contributed by atoms with E-state index in [-0.39, 0.29) is 22.1 Å². The van der Waals surface area contributed by atoms with Crippen LogP contribution in [0.25, 0.3) is 0 Å². The van der Waals surface area contributed by atoms with E-state index in [1.165, 1.54) is 6.42 Å². The molecule has 0 amide bonds. The number of nitrogens with zero attached hydrogens (tertiary/aromatic N) is 1. The van der Waals surface area contributed by atoms with Gasteiger partial charge in [0.2, 0.25) is 0 Å². The van der Waals surface area contributed by atoms with Crippen molar-refractivity contribution in [2.24, 2.45) is 5.41 Å². The Labute approximate surface area is 119 Å². The lowest BCUT2D eigenvalue weighted by atomic mass is 9.87. The third-order valence-electron chi connectivity index (χ3n) is 4.17. The highest BCUT2D eigenvalue weighted by atomic mass is 16.6. The highest BCUT2D eigenvalue weighted by Gasteiger charge is 2.35. The van der Waals surface area contributed by atoms with Crippen LogP contribution >= 0.6 is 0 Å². The summed E-state index contributed by atoms with van der Waals surface area (Å²) < 4.78 is 0. The molecular weight excluding hydrogens is 254 g/mol. The fourth-order valence-electron chi connectivity index (χ4n) is 2.97. The Bertz CT molecular complexity index is 500. The van der Waals surface area contributed by atoms with Crippen LogP contribution in [-0.4, -0.2) is 17.5 Å². The van der Waals surface area contributed by atoms with E-state index in [2.05, 4.69) is 24.5 Å². The fraction of sp³-hybridized carbons (Fsp3) is 0.600. The molecule has 0 spiro atoms. The van der Waals surface area contributed by atoms with E-state index in [9.17, 15) is 10.1 Å². The van der Waals surface area contributed by atoms with Crippen molar-refractivity contribution in [1.29, 1.82) is 0 Å². The maximum Gasteiger partial charge on any atom is 0.315 e. The van der Waals surface area contributed by atoms with Crippen LogP contribution in [0.2, 0.25) is 0 Å². The van der Waals surface area contributed by atoms with Gasteiger partial charge in [-0.1, -0.05) is 26.3 Å². The number of para-hydroxylation sites is 1. The van der Waals surface area contributed by atoms with Crippen molar-refractivity contribution in [3.8, 4) is 0 Å². The average Bonchev–Trinajstić information content (AvgIpc) is 2.69. The maximum atomic E-state index is 11.4. The first-order chi connectivity index (χ1) is 9.45. The van der Waals surface area contributed by atoms with Crippen molar-refractivity contribution in [1.82, 2.24) is 0 Å². The molecule has 1 fully saturated rings. The molecular formula is C15H23N3O2. The molecule has 0 bridgehead atoms. The third kappa shape index (κ3) is 2.86. The molecule has 1 unspecified atom stereocenters. The first-order valence-electron chi connectivity index (χ1n) is 7.23. The van der Waals surface area contributed by atoms with Gasteiger partial charge in [0.05, 0.1) is 4.92 Å². The average molecular weight is 277 g/mol. The zero-order valence-electron chi connectivity index (χ0n) is 12.4. The molecule has 0 saturated heterocycles. The standard InChI is InChI=1S/C15H23N3O2/c1-4-16-11-7-5-8-12(14(11)18(19)20)17-13-9-6-10-15(13,2)3/h5,7-8,13,16-17H,4,6,9-10H2,1-3H3. The Morgan fingerprint density at radius 1 is 1.40 bits per heavy atom. The third-order valence-corrected chi connectivity index (χ3v) is 4.17. The van der Waals surface area contributed by atoms with Gasteiger partial charge in [-0.3, -0.25) is 10.1 Å². The molecule has 0 radical (unpaired) electrons. The van der Waals surface area contributed by atoms with Gasteiger partial charge in [0.15, 0.2) is 0 Å². The molecule has 20 heavy (non-hydrogen) atoms. The van der Waals surface area contributed by atoms with Crippen LogP contribution < -0.4 is 10.6 Å². The Balaban J connectivity index is 2.31. The van der Waals surface area contributed by atoms with Crippen LogP contribution in [0.15, 0.2) is 18.2 Å². The van der Waals surface area contributed by atoms with Crippen LogP contribution in [0.3, 0.4) is 0 Å². The van der Waals surface area contributed by atoms with Crippen LogP contribution in [-0.2, 0) is 0 Å². The monoisotopic (exact) mass is 277 g/mol. The van der Waals surface area contributed by atoms with Crippen LogP contribution in [0, 0.1) is 15.5 Å². The normalized spacial score (nSPS) is 20.6. The first-order valence-corrected chi connectivity index (χ1v) is 7.23. The molecule has 1 aliphatic rings. The maximum absolute atomic E-state index is 11.4. The summed E-state index contributed by atoms with van der Waals surface area (Å²) in [6.45, 7) is 7.04. The Morgan fingerprint density at radius 2 is 2.10 bits per heavy atom. The van der Waals surface area contributed by atoms with Gasteiger partial charge in [0.25, 0.3) is 0 Å². The minimum absolute atomic E-state index is 0.150. The zero-order chi connectivity index (χ0) is 14.8. The molecule has 1 atom stereocenters. The van der Waals surface area contributed by atoms with Gasteiger partial charge < -0.3 is 10.6 Å². The van der Waals surface area contributed by atoms with E-state index in [4.69, 9.17) is 0 Å². The summed E-state index contributed by atoms with van der Waals surface area (Å²) in [6, 6.07) is 5.70. The predicted molar refractivity (Wildman–Crippen MR) is 82.3 cm³/mol. The van der Waals surface area contributed by atoms with Crippen molar-refractivity contribution in [3.05, 3.63) is 28.3 Å². The van der Waals surface area contributed by atoms with Gasteiger partial charge >= 0.3 is 5.69 Å². The zero-order valence-corrected chi connectivity index (χ0v) is 12.4. The second-order valence-corrected chi connectivity index (χ2v) is 6.07. The lowest BCUT2D eigenvalue weighted by molar-refractivity contribution is -0.383. The van der Waals surface area contributed by atoms with Gasteiger partial charge in [0.1, 0.15) is 11.4 Å². The molecule has 1 saturated carbocycles. The topological polar surface area (TPSA) is 67.2 Å². The number of nitrogens with one attached hydrogen (secondary N) is 2. The van der Waals surface area contributed by atoms with Crippen LogP contribution in [0.1, 0.15) is 40.0 Å². The minimum Gasteiger partial charge on any atom is -0.380 e. The first kappa shape index (κ1) is 14.6. The van der Waals surface area contributed by atoms with Crippen molar-refractivity contribution >= 4 is 17.1 Å². The van der Waals surface area contributed by atoms with Gasteiger partial charge in [0, 0.05) is 12.6 Å². The molecule has 5 nitrogen and oxygen atoms in total. The lowest BCUT2D eigenvalue weighted by Crippen LogP contribution is -2.31. The summed E-state index contributed by atoms with van der Waals surface area (Å²) in [5.41, 5.74) is 1.53. The molecule has 5 heteroatoms. The lowest BCUT2D eigenvalue weighted by Gasteiger charge is -2.28. The van der Waals surface area contributed by atoms with Gasteiger partial charge in [-0.15, -0.1) is 0 Å². The SMILES string of the molecule is CCNc1cccc(NC2CCCC2(C)C)c1[N+](=O)[O-]. The van der Waals surface area contributed by atoms with Gasteiger partial charge in [-0.05, 0) is 37.3 Å². The highest BCUT2D eigenvalue weighted by molar-refractivity contribution is 5.76. The van der Waals surface area contributed by atoms with Crippen molar-refractivity contribution < 1.29 is 4.92 Å². The number of hydrogen-bond donors (Lipinski definition) is 2. The summed E-state index contributed by atoms with van der Waals surface area (Å²) in [6.07, 6.45) is 3.40. The van der Waals surface area contributed by atoms with Crippen molar-refractivity contribution in [2.45, 2.75) is 46.1 Å². The van der Waals surface area contributed by atoms with E-state index in [1.54, 1.807) is 12.1 Å². The van der Waals surface area contributed by atoms with Gasteiger partial charge in [-0.25, -0.2) is 0 Å². The molecule has 1 aliphatic carbocycles. The molecule has 2 N–H and O–H groups in total. The summed E-state index contributed by atoms with van der Waals surface area (Å²) in [5, 5.41) is 17.8. The van der Waals surface area contributed by atoms with E-state index >= 15 is 0 Å². The van der Waals surface area contributed by atoms with E-state index in [0.29, 0.717) is 17.9 Å². The quantitative estimate of drug-likeness (QED) is 0.630. The molecule has 2 rings (SSSR count). The highest BCUT2D eigenvalue weighted by Crippen LogP contribution is 2.41. The largest absolute Gasteiger partial charge is 0.380 e. The predicted octanol–water partition coefficient (Wildman–Crippen LogP) is 4.02. The van der Waals surface area contributed by atoms with Crippen LogP contribution in [0.5, 0.6) is 0 Å². The Hall–Kier alpha value is -1.78. The number of anilines is 2. The molecule has 0 heterocycles. The Morgan fingerprint density at radius 3 is 2.65 bits per heavy atom. The van der Waals surface area contributed by atoms with Crippen LogP contribution in [0.4, 0.5) is 17.1 Å². The molecule has 0 aromatic heterocycles. The number of benzene rings is 1. The summed E-state index contributed by atoms with van der Waals surface area (Å²) in [7, 11) is 0. The summed E-state index contributed by atoms with van der Waals surface area (Å²) in [5.74, 6) is 0. The minimum atomic E-state index is -0.303. The van der Waals surface area contributed by atoms with Gasteiger partial charge in [-0.2, -0.15) is 0 Å².